The second-order valence-electron chi connectivity index (χ2n) is 15.5. The topological polar surface area (TPSA) is 69.6 Å². The van der Waals surface area contributed by atoms with Gasteiger partial charge in [-0.2, -0.15) is 0 Å². The Bertz CT molecular complexity index is 775. The first-order valence-corrected chi connectivity index (χ1v) is 22.7. The van der Waals surface area contributed by atoms with E-state index in [1.54, 1.807) is 6.08 Å². The highest BCUT2D eigenvalue weighted by atomic mass is 16.3. The van der Waals surface area contributed by atoms with Crippen LogP contribution in [-0.2, 0) is 4.79 Å². The van der Waals surface area contributed by atoms with Crippen LogP contribution < -0.4 is 5.32 Å². The van der Waals surface area contributed by atoms with Crippen LogP contribution >= 0.6 is 0 Å². The Kier molecular flexibility index (Phi) is 41.8. The first-order chi connectivity index (χ1) is 25.2. The van der Waals surface area contributed by atoms with Crippen LogP contribution in [0.25, 0.3) is 0 Å². The van der Waals surface area contributed by atoms with Crippen LogP contribution in [0, 0.1) is 0 Å². The van der Waals surface area contributed by atoms with E-state index >= 15 is 0 Å². The van der Waals surface area contributed by atoms with E-state index < -0.39 is 12.1 Å². The summed E-state index contributed by atoms with van der Waals surface area (Å²) in [7, 11) is 0. The molecule has 0 saturated heterocycles. The van der Waals surface area contributed by atoms with Gasteiger partial charge >= 0.3 is 0 Å². The van der Waals surface area contributed by atoms with Crippen molar-refractivity contribution in [1.82, 2.24) is 5.32 Å². The van der Waals surface area contributed by atoms with Gasteiger partial charge in [0.2, 0.25) is 5.91 Å². The SMILES string of the molecule is CCC/C=C\C/C=C\CCCCCCCC(=O)NC(CO)C(O)/C=C/CCCCCCCCCCCCCCCCCCCCCCCCCC. The Morgan fingerprint density at radius 2 is 0.843 bits per heavy atom. The average molecular weight is 716 g/mol. The van der Waals surface area contributed by atoms with Crippen LogP contribution in [-0.4, -0.2) is 34.9 Å². The minimum atomic E-state index is -0.844. The summed E-state index contributed by atoms with van der Waals surface area (Å²) in [5.41, 5.74) is 0. The van der Waals surface area contributed by atoms with Crippen LogP contribution in [0.2, 0.25) is 0 Å². The van der Waals surface area contributed by atoms with Crippen molar-refractivity contribution in [2.45, 2.75) is 251 Å². The second kappa shape index (κ2) is 43.0. The number of aliphatic hydroxyl groups is 2. The van der Waals surface area contributed by atoms with Crippen LogP contribution in [0.3, 0.4) is 0 Å². The lowest BCUT2D eigenvalue weighted by Gasteiger charge is -2.20. The number of allylic oxidation sites excluding steroid dienone is 5. The fourth-order valence-electron chi connectivity index (χ4n) is 6.86. The average Bonchev–Trinajstić information content (AvgIpc) is 3.13. The van der Waals surface area contributed by atoms with E-state index in [4.69, 9.17) is 0 Å². The molecule has 0 radical (unpaired) electrons. The molecule has 0 heterocycles. The number of carbonyl (C=O) groups is 1. The molecule has 0 spiro atoms. The van der Waals surface area contributed by atoms with Crippen LogP contribution in [0.4, 0.5) is 0 Å². The zero-order valence-corrected chi connectivity index (χ0v) is 34.4. The predicted molar refractivity (Wildman–Crippen MR) is 225 cm³/mol. The molecular weight excluding hydrogens is 627 g/mol. The molecule has 1 amide bonds. The van der Waals surface area contributed by atoms with Gasteiger partial charge < -0.3 is 15.5 Å². The third-order valence-corrected chi connectivity index (χ3v) is 10.3. The van der Waals surface area contributed by atoms with Gasteiger partial charge in [-0.25, -0.2) is 0 Å². The summed E-state index contributed by atoms with van der Waals surface area (Å²) in [6.07, 6.45) is 57.0. The van der Waals surface area contributed by atoms with Gasteiger partial charge in [-0.15, -0.1) is 0 Å². The number of rotatable bonds is 41. The Balaban J connectivity index is 3.51. The van der Waals surface area contributed by atoms with E-state index in [2.05, 4.69) is 43.5 Å². The summed E-state index contributed by atoms with van der Waals surface area (Å²) in [5.74, 6) is -0.0782. The maximum atomic E-state index is 12.3. The Hall–Kier alpha value is -1.39. The number of unbranched alkanes of at least 4 members (excludes halogenated alkanes) is 30. The van der Waals surface area contributed by atoms with E-state index in [0.717, 1.165) is 44.9 Å². The zero-order chi connectivity index (χ0) is 37.1. The Morgan fingerprint density at radius 1 is 0.471 bits per heavy atom. The van der Waals surface area contributed by atoms with Crippen molar-refractivity contribution in [3.63, 3.8) is 0 Å². The van der Waals surface area contributed by atoms with Gasteiger partial charge in [-0.1, -0.05) is 224 Å². The number of carbonyl (C=O) groups excluding carboxylic acids is 1. The molecule has 0 fully saturated rings. The molecule has 0 rings (SSSR count). The molecule has 0 aliphatic rings. The second-order valence-corrected chi connectivity index (χ2v) is 15.5. The molecule has 0 aliphatic carbocycles. The molecular formula is C47H89NO3. The summed E-state index contributed by atoms with van der Waals surface area (Å²) in [6.45, 7) is 4.25. The smallest absolute Gasteiger partial charge is 0.220 e. The van der Waals surface area contributed by atoms with Gasteiger partial charge in [0.05, 0.1) is 18.8 Å². The summed E-state index contributed by atoms with van der Waals surface area (Å²) < 4.78 is 0. The molecule has 300 valence electrons. The molecule has 2 unspecified atom stereocenters. The highest BCUT2D eigenvalue weighted by molar-refractivity contribution is 5.76. The summed E-state index contributed by atoms with van der Waals surface area (Å²) >= 11 is 0. The highest BCUT2D eigenvalue weighted by Crippen LogP contribution is 2.16. The minimum absolute atomic E-state index is 0.0782. The van der Waals surface area contributed by atoms with Gasteiger partial charge in [0.1, 0.15) is 0 Å². The van der Waals surface area contributed by atoms with Gasteiger partial charge in [-0.3, -0.25) is 4.79 Å². The standard InChI is InChI=1S/C47H89NO3/c1-3-5-7-9-11-13-15-17-18-19-20-21-22-23-24-25-26-27-28-29-31-32-34-36-38-40-42-46(50)45(44-49)48-47(51)43-41-39-37-35-33-30-16-14-12-10-8-6-4-2/h8,10,14,16,40,42,45-46,49-50H,3-7,9,11-13,15,17-39,41,43-44H2,1-2H3,(H,48,51)/b10-8-,16-14-,42-40+. The lowest BCUT2D eigenvalue weighted by atomic mass is 10.0. The number of nitrogens with one attached hydrogen (secondary N) is 1. The van der Waals surface area contributed by atoms with E-state index in [-0.39, 0.29) is 12.5 Å². The molecule has 0 saturated carbocycles. The maximum Gasteiger partial charge on any atom is 0.220 e. The van der Waals surface area contributed by atoms with Crippen LogP contribution in [0.15, 0.2) is 36.5 Å². The first kappa shape index (κ1) is 49.6. The van der Waals surface area contributed by atoms with Crippen molar-refractivity contribution in [3.8, 4) is 0 Å². The van der Waals surface area contributed by atoms with E-state index in [0.29, 0.717) is 6.42 Å². The molecule has 0 aliphatic heterocycles. The normalized spacial score (nSPS) is 13.3. The molecule has 0 bridgehead atoms. The quantitative estimate of drug-likeness (QED) is 0.0436. The zero-order valence-electron chi connectivity index (χ0n) is 34.4. The molecule has 2 atom stereocenters. The Labute approximate surface area is 319 Å². The number of hydrogen-bond acceptors (Lipinski definition) is 3. The monoisotopic (exact) mass is 716 g/mol. The van der Waals surface area contributed by atoms with Crippen molar-refractivity contribution in [2.75, 3.05) is 6.61 Å². The molecule has 4 nitrogen and oxygen atoms in total. The van der Waals surface area contributed by atoms with Crippen LogP contribution in [0.5, 0.6) is 0 Å². The van der Waals surface area contributed by atoms with Crippen molar-refractivity contribution in [2.24, 2.45) is 0 Å². The number of hydrogen-bond donors (Lipinski definition) is 3. The van der Waals surface area contributed by atoms with Gasteiger partial charge in [-0.05, 0) is 44.9 Å². The number of amides is 1. The largest absolute Gasteiger partial charge is 0.394 e. The molecule has 4 heteroatoms. The Morgan fingerprint density at radius 3 is 1.25 bits per heavy atom. The molecule has 0 aromatic carbocycles. The third-order valence-electron chi connectivity index (χ3n) is 10.3. The van der Waals surface area contributed by atoms with Crippen molar-refractivity contribution in [3.05, 3.63) is 36.5 Å². The van der Waals surface area contributed by atoms with Crippen molar-refractivity contribution in [1.29, 1.82) is 0 Å². The molecule has 3 N–H and O–H groups in total. The fraction of sp³-hybridized carbons (Fsp3) is 0.851. The van der Waals surface area contributed by atoms with Crippen molar-refractivity contribution >= 4 is 5.91 Å². The minimum Gasteiger partial charge on any atom is -0.394 e. The lowest BCUT2D eigenvalue weighted by molar-refractivity contribution is -0.123. The number of aliphatic hydroxyl groups excluding tert-OH is 2. The van der Waals surface area contributed by atoms with E-state index in [9.17, 15) is 15.0 Å². The van der Waals surface area contributed by atoms with Gasteiger partial charge in [0.15, 0.2) is 0 Å². The lowest BCUT2D eigenvalue weighted by Crippen LogP contribution is -2.45. The summed E-state index contributed by atoms with van der Waals surface area (Å²) in [4.78, 5) is 12.3. The highest BCUT2D eigenvalue weighted by Gasteiger charge is 2.17. The first-order valence-electron chi connectivity index (χ1n) is 22.7. The van der Waals surface area contributed by atoms with E-state index in [1.165, 1.54) is 173 Å². The molecule has 0 aromatic heterocycles. The summed E-state index contributed by atoms with van der Waals surface area (Å²) in [5, 5.41) is 23.0. The molecule has 0 aromatic rings. The van der Waals surface area contributed by atoms with Gasteiger partial charge in [0.25, 0.3) is 0 Å². The van der Waals surface area contributed by atoms with Crippen LogP contribution in [0.1, 0.15) is 239 Å². The van der Waals surface area contributed by atoms with Gasteiger partial charge in [0, 0.05) is 6.42 Å². The molecule has 51 heavy (non-hydrogen) atoms. The fourth-order valence-corrected chi connectivity index (χ4v) is 6.86. The van der Waals surface area contributed by atoms with E-state index in [1.807, 2.05) is 6.08 Å². The maximum absolute atomic E-state index is 12.3. The summed E-state index contributed by atoms with van der Waals surface area (Å²) in [6, 6.07) is -0.628. The third kappa shape index (κ3) is 39.6. The van der Waals surface area contributed by atoms with Crippen molar-refractivity contribution < 1.29 is 15.0 Å². The predicted octanol–water partition coefficient (Wildman–Crippen LogP) is 14.2.